The lowest BCUT2D eigenvalue weighted by atomic mass is 10.2. The molecular formula is C24H35IN4O3. The van der Waals surface area contributed by atoms with Crippen molar-refractivity contribution in [1.29, 1.82) is 0 Å². The van der Waals surface area contributed by atoms with Gasteiger partial charge < -0.3 is 29.7 Å². The number of hydrogen-bond donors (Lipinski definition) is 2. The van der Waals surface area contributed by atoms with Gasteiger partial charge in [-0.25, -0.2) is 4.99 Å². The Balaban J connectivity index is 0.00000363. The number of nitrogens with zero attached hydrogens (tertiary/aromatic N) is 2. The van der Waals surface area contributed by atoms with Gasteiger partial charge in [-0.05, 0) is 57.3 Å². The van der Waals surface area contributed by atoms with E-state index in [0.29, 0.717) is 19.8 Å². The molecular weight excluding hydrogens is 519 g/mol. The molecule has 1 aliphatic rings. The van der Waals surface area contributed by atoms with Crippen LogP contribution in [0.5, 0.6) is 17.2 Å². The summed E-state index contributed by atoms with van der Waals surface area (Å²) in [6.07, 6.45) is 1.90. The number of guanidine groups is 1. The Bertz CT molecular complexity index is 844. The van der Waals surface area contributed by atoms with E-state index in [1.165, 1.54) is 0 Å². The Kier molecular flexibility index (Phi) is 11.4. The summed E-state index contributed by atoms with van der Waals surface area (Å²) >= 11 is 0. The molecule has 2 N–H and O–H groups in total. The van der Waals surface area contributed by atoms with E-state index in [2.05, 4.69) is 41.8 Å². The average Bonchev–Trinajstić information content (AvgIpc) is 3.01. The van der Waals surface area contributed by atoms with Crippen LogP contribution in [-0.2, 0) is 6.54 Å². The molecule has 2 aromatic carbocycles. The fourth-order valence-corrected chi connectivity index (χ4v) is 3.12. The molecule has 32 heavy (non-hydrogen) atoms. The number of benzene rings is 2. The molecule has 176 valence electrons. The Hall–Kier alpha value is -2.20. The zero-order valence-electron chi connectivity index (χ0n) is 19.2. The van der Waals surface area contributed by atoms with Gasteiger partial charge in [-0.15, -0.1) is 24.0 Å². The fraction of sp³-hybridized carbons (Fsp3) is 0.458. The van der Waals surface area contributed by atoms with Gasteiger partial charge in [0.2, 0.25) is 0 Å². The van der Waals surface area contributed by atoms with Crippen molar-refractivity contribution in [3.8, 4) is 17.2 Å². The first kappa shape index (κ1) is 26.1. The Morgan fingerprint density at radius 2 is 1.81 bits per heavy atom. The third-order valence-corrected chi connectivity index (χ3v) is 4.72. The average molecular weight is 554 g/mol. The van der Waals surface area contributed by atoms with Gasteiger partial charge in [-0.2, -0.15) is 0 Å². The van der Waals surface area contributed by atoms with Crippen molar-refractivity contribution < 1.29 is 14.2 Å². The fourth-order valence-electron chi connectivity index (χ4n) is 3.12. The van der Waals surface area contributed by atoms with Gasteiger partial charge in [-0.3, -0.25) is 0 Å². The molecule has 0 radical (unpaired) electrons. The van der Waals surface area contributed by atoms with Crippen LogP contribution >= 0.6 is 24.0 Å². The van der Waals surface area contributed by atoms with Crippen molar-refractivity contribution in [3.05, 3.63) is 48.0 Å². The topological polar surface area (TPSA) is 67.4 Å². The summed E-state index contributed by atoms with van der Waals surface area (Å²) in [7, 11) is 4.14. The van der Waals surface area contributed by atoms with Gasteiger partial charge in [0.1, 0.15) is 5.75 Å². The van der Waals surface area contributed by atoms with Crippen molar-refractivity contribution in [2.45, 2.75) is 26.3 Å². The van der Waals surface area contributed by atoms with Crippen LogP contribution in [0.1, 0.15) is 25.3 Å². The molecule has 3 rings (SSSR count). The zero-order chi connectivity index (χ0) is 21.9. The first-order valence-corrected chi connectivity index (χ1v) is 11.0. The second-order valence-electron chi connectivity index (χ2n) is 7.68. The molecule has 0 aliphatic carbocycles. The zero-order valence-corrected chi connectivity index (χ0v) is 21.6. The highest BCUT2D eigenvalue weighted by molar-refractivity contribution is 14.0. The highest BCUT2D eigenvalue weighted by Crippen LogP contribution is 2.32. The number of nitrogens with one attached hydrogen (secondary N) is 2. The van der Waals surface area contributed by atoms with Crippen LogP contribution < -0.4 is 24.8 Å². The summed E-state index contributed by atoms with van der Waals surface area (Å²) in [4.78, 5) is 6.87. The lowest BCUT2D eigenvalue weighted by Gasteiger charge is -2.14. The summed E-state index contributed by atoms with van der Waals surface area (Å²) in [5.41, 5.74) is 2.03. The van der Waals surface area contributed by atoms with Crippen LogP contribution in [0.2, 0.25) is 0 Å². The number of fused-ring (bicyclic) bond motifs is 1. The molecule has 7 nitrogen and oxygen atoms in total. The molecule has 0 saturated heterocycles. The minimum absolute atomic E-state index is 0. The van der Waals surface area contributed by atoms with Crippen LogP contribution in [0.4, 0.5) is 5.69 Å². The Morgan fingerprint density at radius 1 is 1.06 bits per heavy atom. The minimum Gasteiger partial charge on any atom is -0.494 e. The van der Waals surface area contributed by atoms with Crippen molar-refractivity contribution in [3.63, 3.8) is 0 Å². The Labute approximate surface area is 208 Å². The number of halogens is 1. The Morgan fingerprint density at radius 3 is 2.53 bits per heavy atom. The molecule has 0 bridgehead atoms. The smallest absolute Gasteiger partial charge is 0.196 e. The summed E-state index contributed by atoms with van der Waals surface area (Å²) in [5, 5.41) is 6.64. The van der Waals surface area contributed by atoms with Crippen LogP contribution in [0.25, 0.3) is 0 Å². The van der Waals surface area contributed by atoms with Gasteiger partial charge in [0.15, 0.2) is 17.5 Å². The third kappa shape index (κ3) is 8.74. The molecule has 0 saturated carbocycles. The summed E-state index contributed by atoms with van der Waals surface area (Å²) in [5.74, 6) is 3.17. The predicted octanol–water partition coefficient (Wildman–Crippen LogP) is 4.37. The maximum Gasteiger partial charge on any atom is 0.196 e. The molecule has 0 aromatic heterocycles. The quantitative estimate of drug-likeness (QED) is 0.208. The van der Waals surface area contributed by atoms with Crippen molar-refractivity contribution in [1.82, 2.24) is 10.2 Å². The van der Waals surface area contributed by atoms with Gasteiger partial charge in [-0.1, -0.05) is 12.1 Å². The second-order valence-corrected chi connectivity index (χ2v) is 7.68. The number of ether oxygens (including phenoxy) is 3. The second kappa shape index (κ2) is 14.1. The third-order valence-electron chi connectivity index (χ3n) is 4.72. The molecule has 2 aromatic rings. The monoisotopic (exact) mass is 554 g/mol. The molecule has 0 amide bonds. The van der Waals surface area contributed by atoms with Crippen molar-refractivity contribution in [2.75, 3.05) is 52.3 Å². The molecule has 1 aliphatic heterocycles. The maximum absolute atomic E-state index is 5.80. The van der Waals surface area contributed by atoms with E-state index in [-0.39, 0.29) is 24.0 Å². The largest absolute Gasteiger partial charge is 0.494 e. The molecule has 1 heterocycles. The van der Waals surface area contributed by atoms with E-state index >= 15 is 0 Å². The molecule has 0 atom stereocenters. The van der Waals surface area contributed by atoms with E-state index < -0.39 is 0 Å². The van der Waals surface area contributed by atoms with Crippen molar-refractivity contribution >= 4 is 35.6 Å². The van der Waals surface area contributed by atoms with Crippen LogP contribution in [0, 0.1) is 0 Å². The number of aliphatic imine (C=N–C) groups is 1. The van der Waals surface area contributed by atoms with E-state index in [4.69, 9.17) is 19.2 Å². The normalized spacial score (nSPS) is 13.2. The van der Waals surface area contributed by atoms with E-state index in [0.717, 1.165) is 67.0 Å². The first-order chi connectivity index (χ1) is 15.1. The van der Waals surface area contributed by atoms with E-state index in [9.17, 15) is 0 Å². The highest BCUT2D eigenvalue weighted by Gasteiger charge is 2.11. The van der Waals surface area contributed by atoms with Gasteiger partial charge in [0.05, 0.1) is 26.4 Å². The maximum atomic E-state index is 5.80. The first-order valence-electron chi connectivity index (χ1n) is 11.0. The highest BCUT2D eigenvalue weighted by atomic mass is 127. The summed E-state index contributed by atoms with van der Waals surface area (Å²) in [6.45, 7) is 6.49. The number of hydrogen-bond acceptors (Lipinski definition) is 5. The molecule has 0 spiro atoms. The van der Waals surface area contributed by atoms with Gasteiger partial charge >= 0.3 is 0 Å². The molecule has 0 unspecified atom stereocenters. The number of rotatable bonds is 9. The molecule has 8 heteroatoms. The van der Waals surface area contributed by atoms with Gasteiger partial charge in [0, 0.05) is 31.3 Å². The van der Waals surface area contributed by atoms with Crippen LogP contribution in [0.3, 0.4) is 0 Å². The SMILES string of the molecule is CCNC(=NCc1ccc(OCCCN(C)C)cc1)Nc1ccc2c(c1)OCCCO2.I. The lowest BCUT2D eigenvalue weighted by molar-refractivity contribution is 0.281. The standard InChI is InChI=1S/C24H34N4O3.HI/c1-4-25-24(27-20-9-12-22-23(17-20)31-16-6-15-30-22)26-18-19-7-10-21(11-8-19)29-14-5-13-28(2)3;/h7-12,17H,4-6,13-16,18H2,1-3H3,(H2,25,26,27);1H. The van der Waals surface area contributed by atoms with Crippen LogP contribution in [0.15, 0.2) is 47.5 Å². The van der Waals surface area contributed by atoms with Crippen LogP contribution in [-0.4, -0.2) is 57.9 Å². The minimum atomic E-state index is 0. The lowest BCUT2D eigenvalue weighted by Crippen LogP contribution is -2.30. The summed E-state index contributed by atoms with van der Waals surface area (Å²) in [6, 6.07) is 14.0. The predicted molar refractivity (Wildman–Crippen MR) is 141 cm³/mol. The molecule has 0 fully saturated rings. The number of anilines is 1. The van der Waals surface area contributed by atoms with Crippen molar-refractivity contribution in [2.24, 2.45) is 4.99 Å². The summed E-state index contributed by atoms with van der Waals surface area (Å²) < 4.78 is 17.3. The van der Waals surface area contributed by atoms with E-state index in [1.807, 2.05) is 37.3 Å². The van der Waals surface area contributed by atoms with Gasteiger partial charge in [0.25, 0.3) is 0 Å². The van der Waals surface area contributed by atoms with E-state index in [1.54, 1.807) is 0 Å².